The van der Waals surface area contributed by atoms with Gasteiger partial charge in [0.05, 0.1) is 12.1 Å². The Balaban J connectivity index is 1.83. The van der Waals surface area contributed by atoms with Crippen LogP contribution < -0.4 is 10.6 Å². The van der Waals surface area contributed by atoms with Crippen molar-refractivity contribution in [3.05, 3.63) is 17.0 Å². The lowest BCUT2D eigenvalue weighted by Gasteiger charge is -2.29. The van der Waals surface area contributed by atoms with Crippen LogP contribution in [0.25, 0.3) is 0 Å². The molecule has 0 bridgehead atoms. The van der Waals surface area contributed by atoms with Gasteiger partial charge in [0.2, 0.25) is 5.91 Å². The van der Waals surface area contributed by atoms with E-state index in [-0.39, 0.29) is 5.91 Å². The van der Waals surface area contributed by atoms with E-state index in [9.17, 15) is 4.79 Å². The molecule has 2 N–H and O–H groups in total. The Kier molecular flexibility index (Phi) is 6.18. The molecule has 6 heteroatoms. The van der Waals surface area contributed by atoms with E-state index in [1.54, 1.807) is 6.07 Å². The van der Waals surface area contributed by atoms with E-state index in [4.69, 9.17) is 5.26 Å². The van der Waals surface area contributed by atoms with E-state index in [1.807, 2.05) is 5.38 Å². The molecule has 1 fully saturated rings. The normalized spacial score (nSPS) is 18.4. The molecule has 1 unspecified atom stereocenters. The molecule has 1 aliphatic rings. The van der Waals surface area contributed by atoms with E-state index >= 15 is 0 Å². The number of hydrogen-bond acceptors (Lipinski definition) is 5. The fourth-order valence-electron chi connectivity index (χ4n) is 2.56. The predicted octanol–water partition coefficient (Wildman–Crippen LogP) is 2.02. The van der Waals surface area contributed by atoms with Crippen LogP contribution in [0.2, 0.25) is 0 Å². The van der Waals surface area contributed by atoms with Gasteiger partial charge in [-0.25, -0.2) is 0 Å². The number of carbonyl (C=O) groups excluding carboxylic acids is 1. The molecule has 1 aromatic heterocycles. The molecule has 0 aliphatic carbocycles. The number of anilines is 1. The first-order valence-corrected chi connectivity index (χ1v) is 8.34. The zero-order valence-corrected chi connectivity index (χ0v) is 13.2. The van der Waals surface area contributed by atoms with Gasteiger partial charge in [-0.05, 0) is 37.4 Å². The van der Waals surface area contributed by atoms with E-state index in [2.05, 4.69) is 28.5 Å². The highest BCUT2D eigenvalue weighted by atomic mass is 32.1. The molecule has 1 saturated heterocycles. The predicted molar refractivity (Wildman–Crippen MR) is 85.4 cm³/mol. The number of thiophene rings is 1. The first-order valence-electron chi connectivity index (χ1n) is 7.46. The Morgan fingerprint density at radius 2 is 2.48 bits per heavy atom. The SMILES string of the molecule is CCN(CC(=O)Nc1sccc1C#N)CC1CCCCN1. The molecule has 1 aromatic rings. The number of amides is 1. The fourth-order valence-corrected chi connectivity index (χ4v) is 3.31. The van der Waals surface area contributed by atoms with Crippen molar-refractivity contribution in [3.63, 3.8) is 0 Å². The molecule has 1 atom stereocenters. The van der Waals surface area contributed by atoms with Gasteiger partial charge >= 0.3 is 0 Å². The zero-order chi connectivity index (χ0) is 15.1. The molecule has 0 saturated carbocycles. The molecular formula is C15H22N4OS. The molecule has 1 aliphatic heterocycles. The van der Waals surface area contributed by atoms with Gasteiger partial charge in [0.25, 0.3) is 0 Å². The van der Waals surface area contributed by atoms with Gasteiger partial charge in [-0.1, -0.05) is 13.3 Å². The quantitative estimate of drug-likeness (QED) is 0.844. The van der Waals surface area contributed by atoms with Crippen LogP contribution >= 0.6 is 11.3 Å². The third kappa shape index (κ3) is 4.81. The van der Waals surface area contributed by atoms with Crippen LogP contribution in [0.1, 0.15) is 31.7 Å². The molecular weight excluding hydrogens is 284 g/mol. The number of nitrogens with one attached hydrogen (secondary N) is 2. The number of nitrogens with zero attached hydrogens (tertiary/aromatic N) is 2. The van der Waals surface area contributed by atoms with Crippen LogP contribution in [0.15, 0.2) is 11.4 Å². The average Bonchev–Trinajstić information content (AvgIpc) is 2.94. The van der Waals surface area contributed by atoms with Crippen molar-refractivity contribution in [1.29, 1.82) is 5.26 Å². The van der Waals surface area contributed by atoms with Gasteiger partial charge in [0.1, 0.15) is 11.1 Å². The summed E-state index contributed by atoms with van der Waals surface area (Å²) in [7, 11) is 0. The fraction of sp³-hybridized carbons (Fsp3) is 0.600. The number of carbonyl (C=O) groups is 1. The van der Waals surface area contributed by atoms with Crippen LogP contribution in [0.3, 0.4) is 0 Å². The summed E-state index contributed by atoms with van der Waals surface area (Å²) in [6.45, 7) is 5.27. The van der Waals surface area contributed by atoms with Gasteiger partial charge in [0.15, 0.2) is 0 Å². The number of nitriles is 1. The minimum absolute atomic E-state index is 0.0494. The largest absolute Gasteiger partial charge is 0.315 e. The summed E-state index contributed by atoms with van der Waals surface area (Å²) in [4.78, 5) is 14.3. The molecule has 1 amide bonds. The maximum absolute atomic E-state index is 12.1. The summed E-state index contributed by atoms with van der Waals surface area (Å²) in [5, 5.41) is 17.8. The first kappa shape index (κ1) is 16.0. The second-order valence-electron chi connectivity index (χ2n) is 5.30. The van der Waals surface area contributed by atoms with E-state index in [1.165, 1.54) is 30.6 Å². The second-order valence-corrected chi connectivity index (χ2v) is 6.21. The molecule has 0 aromatic carbocycles. The molecule has 0 spiro atoms. The molecule has 2 rings (SSSR count). The van der Waals surface area contributed by atoms with E-state index in [0.717, 1.165) is 19.6 Å². The maximum atomic E-state index is 12.1. The van der Waals surface area contributed by atoms with Gasteiger partial charge in [0, 0.05) is 12.6 Å². The monoisotopic (exact) mass is 306 g/mol. The van der Waals surface area contributed by atoms with Crippen molar-refractivity contribution in [3.8, 4) is 6.07 Å². The van der Waals surface area contributed by atoms with Crippen LogP contribution in [-0.4, -0.2) is 43.0 Å². The molecule has 114 valence electrons. The van der Waals surface area contributed by atoms with Crippen LogP contribution in [0, 0.1) is 11.3 Å². The summed E-state index contributed by atoms with van der Waals surface area (Å²) < 4.78 is 0. The number of rotatable bonds is 6. The van der Waals surface area contributed by atoms with Crippen molar-refractivity contribution in [2.45, 2.75) is 32.2 Å². The Bertz CT molecular complexity index is 502. The molecule has 2 heterocycles. The van der Waals surface area contributed by atoms with Gasteiger partial charge in [-0.2, -0.15) is 5.26 Å². The lowest BCUT2D eigenvalue weighted by Crippen LogP contribution is -2.45. The summed E-state index contributed by atoms with van der Waals surface area (Å²) in [5.74, 6) is -0.0494. The van der Waals surface area contributed by atoms with Crippen molar-refractivity contribution in [2.24, 2.45) is 0 Å². The van der Waals surface area contributed by atoms with Gasteiger partial charge < -0.3 is 10.6 Å². The minimum Gasteiger partial charge on any atom is -0.315 e. The van der Waals surface area contributed by atoms with Crippen molar-refractivity contribution < 1.29 is 4.79 Å². The Morgan fingerprint density at radius 3 is 3.14 bits per heavy atom. The second kappa shape index (κ2) is 8.13. The highest BCUT2D eigenvalue weighted by molar-refractivity contribution is 7.14. The summed E-state index contributed by atoms with van der Waals surface area (Å²) in [6, 6.07) is 4.30. The van der Waals surface area contributed by atoms with Crippen LogP contribution in [-0.2, 0) is 4.79 Å². The Hall–Kier alpha value is -1.42. The van der Waals surface area contributed by atoms with Crippen molar-refractivity contribution >= 4 is 22.2 Å². The molecule has 21 heavy (non-hydrogen) atoms. The summed E-state index contributed by atoms with van der Waals surface area (Å²) in [6.07, 6.45) is 3.70. The van der Waals surface area contributed by atoms with Crippen LogP contribution in [0.5, 0.6) is 0 Å². The number of piperidine rings is 1. The summed E-state index contributed by atoms with van der Waals surface area (Å²) >= 11 is 1.39. The Labute approximate surface area is 129 Å². The topological polar surface area (TPSA) is 68.2 Å². The van der Waals surface area contributed by atoms with E-state index in [0.29, 0.717) is 23.2 Å². The first-order chi connectivity index (χ1) is 10.2. The summed E-state index contributed by atoms with van der Waals surface area (Å²) in [5.41, 5.74) is 0.533. The number of likely N-dealkylation sites (N-methyl/N-ethyl adjacent to an activating group) is 1. The smallest absolute Gasteiger partial charge is 0.239 e. The standard InChI is InChI=1S/C15H22N4OS/c1-2-19(10-13-5-3-4-7-17-13)11-14(20)18-15-12(9-16)6-8-21-15/h6,8,13,17H,2-5,7,10-11H2,1H3,(H,18,20). The van der Waals surface area contributed by atoms with Gasteiger partial charge in [-0.15, -0.1) is 11.3 Å². The number of hydrogen-bond donors (Lipinski definition) is 2. The highest BCUT2D eigenvalue weighted by Crippen LogP contribution is 2.22. The van der Waals surface area contributed by atoms with Crippen molar-refractivity contribution in [2.75, 3.05) is 31.5 Å². The zero-order valence-electron chi connectivity index (χ0n) is 12.4. The molecule has 0 radical (unpaired) electrons. The third-order valence-corrected chi connectivity index (χ3v) is 4.57. The minimum atomic E-state index is -0.0494. The van der Waals surface area contributed by atoms with E-state index < -0.39 is 0 Å². The third-order valence-electron chi connectivity index (χ3n) is 3.74. The highest BCUT2D eigenvalue weighted by Gasteiger charge is 2.18. The van der Waals surface area contributed by atoms with Gasteiger partial charge in [-0.3, -0.25) is 9.69 Å². The Morgan fingerprint density at radius 1 is 1.62 bits per heavy atom. The van der Waals surface area contributed by atoms with Crippen molar-refractivity contribution in [1.82, 2.24) is 10.2 Å². The van der Waals surface area contributed by atoms with Crippen LogP contribution in [0.4, 0.5) is 5.00 Å². The average molecular weight is 306 g/mol. The lowest BCUT2D eigenvalue weighted by atomic mass is 10.0. The molecule has 5 nitrogen and oxygen atoms in total. The maximum Gasteiger partial charge on any atom is 0.239 e. The lowest BCUT2D eigenvalue weighted by molar-refractivity contribution is -0.117.